The van der Waals surface area contributed by atoms with E-state index in [-0.39, 0.29) is 35.1 Å². The van der Waals surface area contributed by atoms with Gasteiger partial charge in [-0.25, -0.2) is 17.5 Å². The minimum Gasteiger partial charge on any atom is -0.347 e. The highest BCUT2D eigenvalue weighted by Gasteiger charge is 2.70. The lowest BCUT2D eigenvalue weighted by molar-refractivity contribution is -0.145. The Balaban J connectivity index is 1.32. The fourth-order valence-corrected chi connectivity index (χ4v) is 10.7. The summed E-state index contributed by atoms with van der Waals surface area (Å²) in [5.41, 5.74) is -1.93. The van der Waals surface area contributed by atoms with E-state index in [1.807, 2.05) is 34.6 Å². The number of hydrogen-bond acceptors (Lipinski definition) is 7. The molecule has 0 bridgehead atoms. The van der Waals surface area contributed by atoms with Crippen molar-refractivity contribution < 1.29 is 32.4 Å². The lowest BCUT2D eigenvalue weighted by Crippen LogP contribution is -2.64. The zero-order chi connectivity index (χ0) is 38.4. The molecule has 0 unspecified atom stereocenters. The molecule has 0 aromatic heterocycles. The average molecular weight is 749 g/mol. The molecule has 0 aromatic rings. The molecule has 4 N–H and O–H groups in total. The van der Waals surface area contributed by atoms with E-state index in [4.69, 9.17) is 0 Å². The Morgan fingerprint density at radius 2 is 1.60 bits per heavy atom. The number of nitrogens with one attached hydrogen (secondary N) is 4. The predicted molar refractivity (Wildman–Crippen MR) is 198 cm³/mol. The Morgan fingerprint density at radius 3 is 2.15 bits per heavy atom. The number of rotatable bonds is 16. The SMILES string of the molecule is CCCC[C@H](NC(=O)[C@@H]1[C@@H]2[C@H](CN1C(=O)[C@@H](NC(=O)NC1(CS(=O)(=O)N(C)[C@H](C)C3CC3)CCCCC1)C(C)(C)C)C2(C)C)C(=O)C(=O)NC1CC1. The summed E-state index contributed by atoms with van der Waals surface area (Å²) in [5, 5.41) is 11.6. The van der Waals surface area contributed by atoms with Gasteiger partial charge >= 0.3 is 6.03 Å². The standard InChI is InChI=1S/C38H64N6O7S/c1-9-10-14-27(30(45)33(47)39-25-17-18-25)40-32(46)29-28-26(37(28,6)7)21-44(29)34(48)31(36(3,4)5)41-35(49)42-38(19-12-11-13-20-38)22-52(50,51)43(8)23(2)24-15-16-24/h23-29,31H,9-22H2,1-8H3,(H,39,47)(H,40,46)(H2,41,42,49)/t23-,26+,27+,28+,29+,31-/m1/s1. The Hall–Kier alpha value is -2.74. The number of ketones is 1. The maximum absolute atomic E-state index is 14.6. The molecule has 0 aromatic carbocycles. The van der Waals surface area contributed by atoms with Gasteiger partial charge in [0.05, 0.1) is 17.3 Å². The molecule has 5 amide bonds. The van der Waals surface area contributed by atoms with Gasteiger partial charge in [0.1, 0.15) is 12.1 Å². The number of carbonyl (C=O) groups excluding carboxylic acids is 5. The Kier molecular flexibility index (Phi) is 11.8. The van der Waals surface area contributed by atoms with Gasteiger partial charge in [-0.15, -0.1) is 0 Å². The molecule has 5 rings (SSSR count). The Bertz CT molecular complexity index is 1490. The minimum atomic E-state index is -3.69. The van der Waals surface area contributed by atoms with Crippen LogP contribution >= 0.6 is 0 Å². The summed E-state index contributed by atoms with van der Waals surface area (Å²) in [6.45, 7) is 13.9. The molecule has 0 radical (unpaired) electrons. The van der Waals surface area contributed by atoms with Crippen LogP contribution in [0.25, 0.3) is 0 Å². The van der Waals surface area contributed by atoms with Crippen LogP contribution in [0, 0.1) is 28.6 Å². The van der Waals surface area contributed by atoms with Crippen LogP contribution in [0.3, 0.4) is 0 Å². The fraction of sp³-hybridized carbons (Fsp3) is 0.868. The topological polar surface area (TPSA) is 174 Å². The van der Waals surface area contributed by atoms with Crippen LogP contribution < -0.4 is 21.3 Å². The quantitative estimate of drug-likeness (QED) is 0.175. The maximum atomic E-state index is 14.6. The number of likely N-dealkylation sites (tertiary alicyclic amines) is 1. The molecule has 4 saturated carbocycles. The summed E-state index contributed by atoms with van der Waals surface area (Å²) in [7, 11) is -2.06. The molecular formula is C38H64N6O7S. The number of fused-ring (bicyclic) bond motifs is 1. The number of carbonyl (C=O) groups is 5. The molecule has 6 atom stereocenters. The summed E-state index contributed by atoms with van der Waals surface area (Å²) < 4.78 is 28.8. The second kappa shape index (κ2) is 15.2. The van der Waals surface area contributed by atoms with Crippen LogP contribution in [-0.4, -0.2) is 102 Å². The van der Waals surface area contributed by atoms with Crippen LogP contribution in [0.2, 0.25) is 0 Å². The van der Waals surface area contributed by atoms with E-state index in [2.05, 4.69) is 35.1 Å². The molecule has 1 heterocycles. The second-order valence-corrected chi connectivity index (χ2v) is 20.3. The summed E-state index contributed by atoms with van der Waals surface area (Å²) >= 11 is 0. The number of hydrogen-bond donors (Lipinski definition) is 4. The van der Waals surface area contributed by atoms with Gasteiger partial charge in [0.25, 0.3) is 5.91 Å². The summed E-state index contributed by atoms with van der Waals surface area (Å²) in [6, 6.07) is -3.61. The van der Waals surface area contributed by atoms with Crippen LogP contribution in [0.4, 0.5) is 4.79 Å². The van der Waals surface area contributed by atoms with Crippen molar-refractivity contribution >= 4 is 39.6 Å². The van der Waals surface area contributed by atoms with Gasteiger partial charge in [-0.05, 0) is 80.5 Å². The van der Waals surface area contributed by atoms with E-state index in [1.165, 1.54) is 4.31 Å². The highest BCUT2D eigenvalue weighted by atomic mass is 32.2. The van der Waals surface area contributed by atoms with Crippen LogP contribution in [0.5, 0.6) is 0 Å². The van der Waals surface area contributed by atoms with E-state index >= 15 is 0 Å². The van der Waals surface area contributed by atoms with Crippen LogP contribution in [0.1, 0.15) is 126 Å². The van der Waals surface area contributed by atoms with E-state index in [0.717, 1.165) is 51.4 Å². The zero-order valence-corrected chi connectivity index (χ0v) is 33.5. The number of unbranched alkanes of at least 4 members (excludes halogenated alkanes) is 1. The lowest BCUT2D eigenvalue weighted by Gasteiger charge is -2.41. The van der Waals surface area contributed by atoms with Crippen molar-refractivity contribution in [2.24, 2.45) is 28.6 Å². The van der Waals surface area contributed by atoms with Gasteiger partial charge in [0.2, 0.25) is 27.6 Å². The minimum absolute atomic E-state index is 0.00345. The van der Waals surface area contributed by atoms with E-state index in [1.54, 1.807) is 11.9 Å². The van der Waals surface area contributed by atoms with Gasteiger partial charge in [-0.3, -0.25) is 19.2 Å². The molecule has 1 aliphatic heterocycles. The molecule has 14 heteroatoms. The first-order valence-corrected chi connectivity index (χ1v) is 21.3. The number of urea groups is 1. The van der Waals surface area contributed by atoms with Gasteiger partial charge < -0.3 is 26.2 Å². The third kappa shape index (κ3) is 8.96. The molecule has 5 fully saturated rings. The summed E-state index contributed by atoms with van der Waals surface area (Å²) in [6.07, 6.45) is 8.99. The van der Waals surface area contributed by atoms with Crippen molar-refractivity contribution in [1.29, 1.82) is 0 Å². The van der Waals surface area contributed by atoms with Crippen molar-refractivity contribution in [3.8, 4) is 0 Å². The maximum Gasteiger partial charge on any atom is 0.315 e. The Labute approximate surface area is 311 Å². The number of piperidine rings is 1. The monoisotopic (exact) mass is 748 g/mol. The van der Waals surface area contributed by atoms with Crippen molar-refractivity contribution in [3.05, 3.63) is 0 Å². The smallest absolute Gasteiger partial charge is 0.315 e. The molecule has 294 valence electrons. The van der Waals surface area contributed by atoms with Crippen LogP contribution in [0.15, 0.2) is 0 Å². The van der Waals surface area contributed by atoms with Gasteiger partial charge in [0, 0.05) is 25.7 Å². The summed E-state index contributed by atoms with van der Waals surface area (Å²) in [5.74, 6) is -2.16. The number of sulfonamides is 1. The lowest BCUT2D eigenvalue weighted by atomic mass is 9.83. The molecular weight excluding hydrogens is 685 g/mol. The van der Waals surface area contributed by atoms with Crippen molar-refractivity contribution in [1.82, 2.24) is 30.5 Å². The van der Waals surface area contributed by atoms with Gasteiger partial charge in [-0.2, -0.15) is 0 Å². The molecule has 4 aliphatic carbocycles. The first-order valence-electron chi connectivity index (χ1n) is 19.7. The first-order chi connectivity index (χ1) is 24.2. The summed E-state index contributed by atoms with van der Waals surface area (Å²) in [4.78, 5) is 70.1. The molecule has 0 spiro atoms. The van der Waals surface area contributed by atoms with Crippen molar-refractivity contribution in [3.63, 3.8) is 0 Å². The molecule has 5 aliphatic rings. The first kappa shape index (κ1) is 40.4. The highest BCUT2D eigenvalue weighted by Crippen LogP contribution is 2.65. The van der Waals surface area contributed by atoms with Crippen LogP contribution in [-0.2, 0) is 29.2 Å². The average Bonchev–Trinajstić information content (AvgIpc) is 4.02. The van der Waals surface area contributed by atoms with E-state index in [9.17, 15) is 32.4 Å². The largest absolute Gasteiger partial charge is 0.347 e. The number of amides is 5. The zero-order valence-electron chi connectivity index (χ0n) is 32.7. The third-order valence-corrected chi connectivity index (χ3v) is 14.9. The van der Waals surface area contributed by atoms with E-state index < -0.39 is 68.6 Å². The predicted octanol–water partition coefficient (Wildman–Crippen LogP) is 3.47. The third-order valence-electron chi connectivity index (χ3n) is 12.7. The van der Waals surface area contributed by atoms with E-state index in [0.29, 0.717) is 38.1 Å². The number of nitrogens with zero attached hydrogens (tertiary/aromatic N) is 2. The number of Topliss-reactive ketones (excluding diaryl/α,β-unsaturated/α-hetero) is 1. The normalized spacial score (nSPS) is 26.8. The van der Waals surface area contributed by atoms with Gasteiger partial charge in [-0.1, -0.05) is 73.6 Å². The Morgan fingerprint density at radius 1 is 0.962 bits per heavy atom. The molecule has 52 heavy (non-hydrogen) atoms. The van der Waals surface area contributed by atoms with Gasteiger partial charge in [0.15, 0.2) is 0 Å². The van der Waals surface area contributed by atoms with Crippen molar-refractivity contribution in [2.75, 3.05) is 19.3 Å². The molecule has 1 saturated heterocycles. The molecule has 13 nitrogen and oxygen atoms in total. The fourth-order valence-electron chi connectivity index (χ4n) is 8.73. The second-order valence-electron chi connectivity index (χ2n) is 18.3. The van der Waals surface area contributed by atoms with Crippen molar-refractivity contribution in [2.45, 2.75) is 161 Å². The highest BCUT2D eigenvalue weighted by molar-refractivity contribution is 7.89.